The zero-order valence-corrected chi connectivity index (χ0v) is 14.8. The van der Waals surface area contributed by atoms with E-state index >= 15 is 0 Å². The van der Waals surface area contributed by atoms with Gasteiger partial charge in [0.25, 0.3) is 5.91 Å². The molecule has 0 spiro atoms. The first-order valence-electron chi connectivity index (χ1n) is 8.87. The third kappa shape index (κ3) is 5.64. The van der Waals surface area contributed by atoms with Crippen molar-refractivity contribution in [3.05, 3.63) is 35.9 Å². The van der Waals surface area contributed by atoms with Gasteiger partial charge in [-0.2, -0.15) is 0 Å². The van der Waals surface area contributed by atoms with E-state index in [1.165, 1.54) is 12.8 Å². The van der Waals surface area contributed by atoms with Crippen molar-refractivity contribution >= 4 is 11.8 Å². The second kappa shape index (κ2) is 9.42. The Bertz CT molecular complexity index is 531. The molecule has 1 aliphatic rings. The molecule has 5 heteroatoms. The van der Waals surface area contributed by atoms with Crippen molar-refractivity contribution in [1.29, 1.82) is 0 Å². The van der Waals surface area contributed by atoms with Gasteiger partial charge in [-0.15, -0.1) is 0 Å². The summed E-state index contributed by atoms with van der Waals surface area (Å²) in [4.78, 5) is 26.3. The van der Waals surface area contributed by atoms with E-state index < -0.39 is 0 Å². The van der Waals surface area contributed by atoms with E-state index in [1.54, 1.807) is 12.1 Å². The van der Waals surface area contributed by atoms with Crippen LogP contribution in [0.2, 0.25) is 0 Å². The van der Waals surface area contributed by atoms with Gasteiger partial charge in [-0.05, 0) is 45.5 Å². The van der Waals surface area contributed by atoms with Gasteiger partial charge in [0.1, 0.15) is 0 Å². The maximum Gasteiger partial charge on any atom is 0.251 e. The average Bonchev–Trinajstić information content (AvgIpc) is 2.59. The van der Waals surface area contributed by atoms with Gasteiger partial charge in [0.2, 0.25) is 5.91 Å². The highest BCUT2D eigenvalue weighted by molar-refractivity contribution is 5.94. The molecule has 1 aromatic rings. The van der Waals surface area contributed by atoms with Crippen molar-refractivity contribution in [2.24, 2.45) is 0 Å². The Morgan fingerprint density at radius 1 is 1.12 bits per heavy atom. The van der Waals surface area contributed by atoms with Crippen molar-refractivity contribution < 1.29 is 9.59 Å². The summed E-state index contributed by atoms with van der Waals surface area (Å²) in [5.74, 6) is -0.00123. The Morgan fingerprint density at radius 2 is 1.83 bits per heavy atom. The highest BCUT2D eigenvalue weighted by Crippen LogP contribution is 2.21. The van der Waals surface area contributed by atoms with Crippen LogP contribution in [0.4, 0.5) is 0 Å². The van der Waals surface area contributed by atoms with E-state index in [0.29, 0.717) is 31.0 Å². The van der Waals surface area contributed by atoms with Gasteiger partial charge in [0, 0.05) is 30.6 Å². The number of amides is 2. The van der Waals surface area contributed by atoms with Crippen LogP contribution in [-0.2, 0) is 4.79 Å². The van der Waals surface area contributed by atoms with Crippen LogP contribution in [0.5, 0.6) is 0 Å². The molecule has 1 aromatic carbocycles. The van der Waals surface area contributed by atoms with Gasteiger partial charge >= 0.3 is 0 Å². The molecule has 0 aromatic heterocycles. The summed E-state index contributed by atoms with van der Waals surface area (Å²) in [5.41, 5.74) is 0.651. The summed E-state index contributed by atoms with van der Waals surface area (Å²) in [7, 11) is 4.16. The Hall–Kier alpha value is -1.88. The molecule has 2 atom stereocenters. The van der Waals surface area contributed by atoms with Gasteiger partial charge in [-0.1, -0.05) is 31.0 Å². The van der Waals surface area contributed by atoms with Crippen molar-refractivity contribution in [3.8, 4) is 0 Å². The summed E-state index contributed by atoms with van der Waals surface area (Å²) < 4.78 is 0. The van der Waals surface area contributed by atoms with Crippen molar-refractivity contribution in [3.63, 3.8) is 0 Å². The predicted octanol–water partition coefficient (Wildman–Crippen LogP) is 2.19. The summed E-state index contributed by atoms with van der Waals surface area (Å²) in [6.45, 7) is 0.517. The third-order valence-electron chi connectivity index (χ3n) is 4.64. The van der Waals surface area contributed by atoms with Crippen LogP contribution in [-0.4, -0.2) is 49.4 Å². The number of benzene rings is 1. The maximum atomic E-state index is 12.2. The van der Waals surface area contributed by atoms with E-state index in [0.717, 1.165) is 12.8 Å². The quantitative estimate of drug-likeness (QED) is 0.753. The molecule has 1 aliphatic carbocycles. The number of hydrogen-bond acceptors (Lipinski definition) is 3. The van der Waals surface area contributed by atoms with Crippen LogP contribution in [0.15, 0.2) is 30.3 Å². The molecule has 2 N–H and O–H groups in total. The summed E-state index contributed by atoms with van der Waals surface area (Å²) in [5, 5.41) is 6.03. The van der Waals surface area contributed by atoms with Crippen LogP contribution in [0.25, 0.3) is 0 Å². The van der Waals surface area contributed by atoms with Crippen molar-refractivity contribution in [1.82, 2.24) is 15.5 Å². The Morgan fingerprint density at radius 3 is 2.54 bits per heavy atom. The summed E-state index contributed by atoms with van der Waals surface area (Å²) >= 11 is 0. The zero-order valence-electron chi connectivity index (χ0n) is 14.8. The molecule has 0 saturated heterocycles. The number of likely N-dealkylation sites (N-methyl/N-ethyl adjacent to an activating group) is 1. The molecule has 0 aliphatic heterocycles. The molecule has 1 saturated carbocycles. The molecule has 1 fully saturated rings. The van der Waals surface area contributed by atoms with E-state index in [4.69, 9.17) is 0 Å². The Balaban J connectivity index is 1.67. The summed E-state index contributed by atoms with van der Waals surface area (Å²) in [6.07, 6.45) is 5.73. The van der Waals surface area contributed by atoms with Crippen LogP contribution in [0.3, 0.4) is 0 Å². The van der Waals surface area contributed by atoms with Gasteiger partial charge in [-0.25, -0.2) is 0 Å². The number of hydrogen-bond donors (Lipinski definition) is 2. The fourth-order valence-electron chi connectivity index (χ4n) is 3.32. The molecular formula is C19H29N3O2. The van der Waals surface area contributed by atoms with Crippen LogP contribution in [0.1, 0.15) is 48.9 Å². The highest BCUT2D eigenvalue weighted by atomic mass is 16.2. The van der Waals surface area contributed by atoms with Crippen LogP contribution >= 0.6 is 0 Å². The second-order valence-corrected chi connectivity index (χ2v) is 6.71. The molecule has 2 rings (SSSR count). The lowest BCUT2D eigenvalue weighted by Gasteiger charge is -2.36. The number of carbonyl (C=O) groups is 2. The molecule has 0 radical (unpaired) electrons. The zero-order chi connectivity index (χ0) is 17.4. The molecule has 0 heterocycles. The minimum atomic E-state index is -0.0871. The SMILES string of the molecule is CN(C)[C@H]1CCCC[C@H]1NC(=O)CCCNC(=O)c1ccccc1. The second-order valence-electron chi connectivity index (χ2n) is 6.71. The van der Waals surface area contributed by atoms with Gasteiger partial charge in [0.05, 0.1) is 0 Å². The highest BCUT2D eigenvalue weighted by Gasteiger charge is 2.27. The van der Waals surface area contributed by atoms with E-state index in [2.05, 4.69) is 29.6 Å². The maximum absolute atomic E-state index is 12.2. The minimum Gasteiger partial charge on any atom is -0.352 e. The molecule has 0 unspecified atom stereocenters. The van der Waals surface area contributed by atoms with Gasteiger partial charge < -0.3 is 15.5 Å². The fraction of sp³-hybridized carbons (Fsp3) is 0.579. The number of nitrogens with one attached hydrogen (secondary N) is 2. The first-order valence-corrected chi connectivity index (χ1v) is 8.87. The lowest BCUT2D eigenvalue weighted by atomic mass is 9.89. The predicted molar refractivity (Wildman–Crippen MR) is 95.9 cm³/mol. The van der Waals surface area contributed by atoms with E-state index in [1.807, 2.05) is 18.2 Å². The average molecular weight is 331 g/mol. The van der Waals surface area contributed by atoms with E-state index in [9.17, 15) is 9.59 Å². The molecule has 2 amide bonds. The molecule has 0 bridgehead atoms. The van der Waals surface area contributed by atoms with Crippen LogP contribution < -0.4 is 10.6 Å². The van der Waals surface area contributed by atoms with Gasteiger partial charge in [-0.3, -0.25) is 9.59 Å². The first-order chi connectivity index (χ1) is 11.6. The topological polar surface area (TPSA) is 61.4 Å². The number of carbonyl (C=O) groups excluding carboxylic acids is 2. The van der Waals surface area contributed by atoms with Crippen LogP contribution in [0, 0.1) is 0 Å². The Kier molecular flexibility index (Phi) is 7.25. The summed E-state index contributed by atoms with van der Waals surface area (Å²) in [6, 6.07) is 9.81. The van der Waals surface area contributed by atoms with Crippen molar-refractivity contribution in [2.45, 2.75) is 50.6 Å². The lowest BCUT2D eigenvalue weighted by molar-refractivity contribution is -0.122. The Labute approximate surface area is 144 Å². The number of rotatable bonds is 7. The molecule has 24 heavy (non-hydrogen) atoms. The standard InChI is InChI=1S/C19H29N3O2/c1-22(2)17-12-7-6-11-16(17)21-18(23)13-8-14-20-19(24)15-9-4-3-5-10-15/h3-5,9-10,16-17H,6-8,11-14H2,1-2H3,(H,20,24)(H,21,23)/t16-,17+/m1/s1. The minimum absolute atomic E-state index is 0.0858. The van der Waals surface area contributed by atoms with Crippen molar-refractivity contribution in [2.75, 3.05) is 20.6 Å². The van der Waals surface area contributed by atoms with Gasteiger partial charge in [0.15, 0.2) is 0 Å². The lowest BCUT2D eigenvalue weighted by Crippen LogP contribution is -2.51. The monoisotopic (exact) mass is 331 g/mol. The van der Waals surface area contributed by atoms with E-state index in [-0.39, 0.29) is 17.9 Å². The smallest absolute Gasteiger partial charge is 0.251 e. The number of nitrogens with zero attached hydrogens (tertiary/aromatic N) is 1. The first kappa shape index (κ1) is 18.5. The molecule has 132 valence electrons. The third-order valence-corrected chi connectivity index (χ3v) is 4.64. The fourth-order valence-corrected chi connectivity index (χ4v) is 3.32. The molecule has 5 nitrogen and oxygen atoms in total. The largest absolute Gasteiger partial charge is 0.352 e. The normalized spacial score (nSPS) is 20.6. The molecular weight excluding hydrogens is 302 g/mol.